The van der Waals surface area contributed by atoms with Gasteiger partial charge in [-0.25, -0.2) is 0 Å². The van der Waals surface area contributed by atoms with Crippen LogP contribution in [0.1, 0.15) is 0 Å². The molecule has 0 saturated heterocycles. The van der Waals surface area contributed by atoms with Crippen LogP contribution in [-0.4, -0.2) is 9.97 Å². The third kappa shape index (κ3) is 2.12. The lowest BCUT2D eigenvalue weighted by molar-refractivity contribution is 1.43. The van der Waals surface area contributed by atoms with Crippen LogP contribution < -0.4 is 0 Å². The zero-order chi connectivity index (χ0) is 15.9. The molecule has 0 saturated carbocycles. The van der Waals surface area contributed by atoms with Crippen LogP contribution in [0.5, 0.6) is 0 Å². The minimum absolute atomic E-state index is 1.15. The van der Waals surface area contributed by atoms with Crippen molar-refractivity contribution >= 4 is 21.8 Å². The van der Waals surface area contributed by atoms with Crippen molar-refractivity contribution in [3.05, 3.63) is 84.9 Å². The standard InChI is InChI=1S/C22H16N2/c1-3-10-19-17(6-1)13-21(23-19)15-8-5-9-16(12-15)22-14-18-7-2-4-11-20(18)24-22/h1-14,23-24H. The van der Waals surface area contributed by atoms with E-state index < -0.39 is 0 Å². The van der Waals surface area contributed by atoms with Gasteiger partial charge in [-0.15, -0.1) is 0 Å². The largest absolute Gasteiger partial charge is 0.355 e. The minimum Gasteiger partial charge on any atom is -0.355 e. The van der Waals surface area contributed by atoms with Crippen molar-refractivity contribution in [1.29, 1.82) is 0 Å². The molecule has 0 aliphatic carbocycles. The van der Waals surface area contributed by atoms with E-state index >= 15 is 0 Å². The van der Waals surface area contributed by atoms with Gasteiger partial charge in [-0.1, -0.05) is 54.6 Å². The van der Waals surface area contributed by atoms with Crippen LogP contribution in [0.2, 0.25) is 0 Å². The van der Waals surface area contributed by atoms with Gasteiger partial charge < -0.3 is 9.97 Å². The highest BCUT2D eigenvalue weighted by Gasteiger charge is 2.07. The number of H-pyrrole nitrogens is 2. The fraction of sp³-hybridized carbons (Fsp3) is 0. The Bertz CT molecular complexity index is 1010. The summed E-state index contributed by atoms with van der Waals surface area (Å²) in [5.74, 6) is 0. The molecule has 2 aromatic heterocycles. The molecule has 2 heterocycles. The van der Waals surface area contributed by atoms with Gasteiger partial charge in [0.25, 0.3) is 0 Å². The quantitative estimate of drug-likeness (QED) is 0.402. The lowest BCUT2D eigenvalue weighted by Crippen LogP contribution is -1.81. The molecule has 5 rings (SSSR count). The molecule has 0 spiro atoms. The summed E-state index contributed by atoms with van der Waals surface area (Å²) in [5.41, 5.74) is 7.03. The van der Waals surface area contributed by atoms with E-state index in [1.54, 1.807) is 0 Å². The summed E-state index contributed by atoms with van der Waals surface area (Å²) in [6.45, 7) is 0. The predicted molar refractivity (Wildman–Crippen MR) is 101 cm³/mol. The first-order valence-electron chi connectivity index (χ1n) is 8.13. The number of hydrogen-bond donors (Lipinski definition) is 2. The summed E-state index contributed by atoms with van der Waals surface area (Å²) in [6.07, 6.45) is 0. The summed E-state index contributed by atoms with van der Waals surface area (Å²) in [7, 11) is 0. The molecule has 0 radical (unpaired) electrons. The Morgan fingerprint density at radius 2 is 0.958 bits per heavy atom. The molecule has 0 unspecified atom stereocenters. The first kappa shape index (κ1) is 13.2. The van der Waals surface area contributed by atoms with Crippen molar-refractivity contribution in [2.24, 2.45) is 0 Å². The van der Waals surface area contributed by atoms with Gasteiger partial charge in [-0.05, 0) is 41.5 Å². The number of rotatable bonds is 2. The van der Waals surface area contributed by atoms with E-state index in [0.717, 1.165) is 11.4 Å². The number of nitrogens with one attached hydrogen (secondary N) is 2. The zero-order valence-electron chi connectivity index (χ0n) is 13.1. The van der Waals surface area contributed by atoms with Crippen molar-refractivity contribution in [3.63, 3.8) is 0 Å². The lowest BCUT2D eigenvalue weighted by atomic mass is 10.1. The molecule has 2 nitrogen and oxygen atoms in total. The number of aromatic nitrogens is 2. The molecule has 5 aromatic rings. The third-order valence-corrected chi connectivity index (χ3v) is 4.54. The highest BCUT2D eigenvalue weighted by atomic mass is 14.7. The van der Waals surface area contributed by atoms with Gasteiger partial charge >= 0.3 is 0 Å². The Morgan fingerprint density at radius 3 is 1.46 bits per heavy atom. The molecular formula is C22H16N2. The highest BCUT2D eigenvalue weighted by molar-refractivity contribution is 5.88. The molecule has 24 heavy (non-hydrogen) atoms. The van der Waals surface area contributed by atoms with Crippen LogP contribution in [0, 0.1) is 0 Å². The molecule has 0 aliphatic rings. The lowest BCUT2D eigenvalue weighted by Gasteiger charge is -2.02. The molecule has 0 fully saturated rings. The van der Waals surface area contributed by atoms with E-state index in [-0.39, 0.29) is 0 Å². The summed E-state index contributed by atoms with van der Waals surface area (Å²) >= 11 is 0. The molecule has 2 heteroatoms. The maximum Gasteiger partial charge on any atom is 0.0465 e. The van der Waals surface area contributed by atoms with Gasteiger partial charge in [0.15, 0.2) is 0 Å². The van der Waals surface area contributed by atoms with Crippen LogP contribution in [0.25, 0.3) is 44.3 Å². The van der Waals surface area contributed by atoms with E-state index in [4.69, 9.17) is 0 Å². The molecular weight excluding hydrogens is 292 g/mol. The zero-order valence-corrected chi connectivity index (χ0v) is 13.1. The number of hydrogen-bond acceptors (Lipinski definition) is 0. The van der Waals surface area contributed by atoms with Crippen molar-refractivity contribution in [2.45, 2.75) is 0 Å². The average Bonchev–Trinajstić information content (AvgIpc) is 3.26. The summed E-state index contributed by atoms with van der Waals surface area (Å²) in [5, 5.41) is 2.48. The molecule has 114 valence electrons. The molecule has 0 aliphatic heterocycles. The van der Waals surface area contributed by atoms with Gasteiger partial charge in [0, 0.05) is 33.2 Å². The third-order valence-electron chi connectivity index (χ3n) is 4.54. The summed E-state index contributed by atoms with van der Waals surface area (Å²) < 4.78 is 0. The predicted octanol–water partition coefficient (Wildman–Crippen LogP) is 5.98. The van der Waals surface area contributed by atoms with Gasteiger partial charge in [0.1, 0.15) is 0 Å². The number of benzene rings is 3. The van der Waals surface area contributed by atoms with E-state index in [0.29, 0.717) is 0 Å². The fourth-order valence-corrected chi connectivity index (χ4v) is 3.31. The smallest absolute Gasteiger partial charge is 0.0465 e. The topological polar surface area (TPSA) is 31.6 Å². The summed E-state index contributed by atoms with van der Waals surface area (Å²) in [4.78, 5) is 7.01. The average molecular weight is 308 g/mol. The second-order valence-corrected chi connectivity index (χ2v) is 6.12. The SMILES string of the molecule is c1cc(-c2cc3ccccc3[nH]2)cc(-c2cc3ccccc3[nH]2)c1. The Morgan fingerprint density at radius 1 is 0.458 bits per heavy atom. The van der Waals surface area contributed by atoms with E-state index in [2.05, 4.69) is 94.9 Å². The Balaban J connectivity index is 1.62. The maximum absolute atomic E-state index is 3.51. The normalized spacial score (nSPS) is 11.3. The minimum atomic E-state index is 1.15. The van der Waals surface area contributed by atoms with E-state index in [1.165, 1.54) is 32.9 Å². The van der Waals surface area contributed by atoms with Crippen LogP contribution in [0.3, 0.4) is 0 Å². The molecule has 0 atom stereocenters. The second-order valence-electron chi connectivity index (χ2n) is 6.12. The second kappa shape index (κ2) is 5.14. The fourth-order valence-electron chi connectivity index (χ4n) is 3.31. The summed E-state index contributed by atoms with van der Waals surface area (Å²) in [6, 6.07) is 29.8. The first-order chi connectivity index (χ1) is 11.9. The molecule has 3 aromatic carbocycles. The van der Waals surface area contributed by atoms with Gasteiger partial charge in [-0.3, -0.25) is 0 Å². The van der Waals surface area contributed by atoms with Gasteiger partial charge in [-0.2, -0.15) is 0 Å². The van der Waals surface area contributed by atoms with Crippen LogP contribution in [-0.2, 0) is 0 Å². The van der Waals surface area contributed by atoms with Crippen molar-refractivity contribution in [1.82, 2.24) is 9.97 Å². The number of fused-ring (bicyclic) bond motifs is 2. The van der Waals surface area contributed by atoms with Crippen molar-refractivity contribution in [3.8, 4) is 22.5 Å². The van der Waals surface area contributed by atoms with Crippen LogP contribution >= 0.6 is 0 Å². The molecule has 0 bridgehead atoms. The Kier molecular flexibility index (Phi) is 2.83. The van der Waals surface area contributed by atoms with Crippen molar-refractivity contribution in [2.75, 3.05) is 0 Å². The van der Waals surface area contributed by atoms with Gasteiger partial charge in [0.05, 0.1) is 0 Å². The van der Waals surface area contributed by atoms with E-state index in [9.17, 15) is 0 Å². The van der Waals surface area contributed by atoms with Crippen LogP contribution in [0.15, 0.2) is 84.9 Å². The number of aromatic amines is 2. The monoisotopic (exact) mass is 308 g/mol. The number of para-hydroxylation sites is 2. The first-order valence-corrected chi connectivity index (χ1v) is 8.13. The Hall–Kier alpha value is -3.26. The molecule has 2 N–H and O–H groups in total. The highest BCUT2D eigenvalue weighted by Crippen LogP contribution is 2.29. The van der Waals surface area contributed by atoms with Crippen molar-refractivity contribution < 1.29 is 0 Å². The maximum atomic E-state index is 3.51. The molecule has 0 amide bonds. The Labute approximate surface area is 139 Å². The van der Waals surface area contributed by atoms with Gasteiger partial charge in [0.2, 0.25) is 0 Å². The van der Waals surface area contributed by atoms with E-state index in [1.807, 2.05) is 0 Å². The van der Waals surface area contributed by atoms with Crippen LogP contribution in [0.4, 0.5) is 0 Å².